The fraction of sp³-hybridized carbons (Fsp3) is 0.929. The van der Waals surface area contributed by atoms with Gasteiger partial charge in [0.2, 0.25) is 0 Å². The average Bonchev–Trinajstić information content (AvgIpc) is 3.24. The van der Waals surface area contributed by atoms with Crippen molar-refractivity contribution in [2.45, 2.75) is 144 Å². The molecule has 0 atom stereocenters. The summed E-state index contributed by atoms with van der Waals surface area (Å²) >= 11 is 0. The molecule has 0 aromatic heterocycles. The Hall–Kier alpha value is -1.42. The molecule has 0 aromatic rings. The maximum atomic E-state index is 12.5. The van der Waals surface area contributed by atoms with Crippen LogP contribution in [0.4, 0.5) is 0 Å². The minimum atomic E-state index is -2.76. The van der Waals surface area contributed by atoms with E-state index in [1.165, 1.54) is 0 Å². The van der Waals surface area contributed by atoms with E-state index >= 15 is 0 Å². The molecule has 0 saturated carbocycles. The van der Waals surface area contributed by atoms with Crippen molar-refractivity contribution >= 4 is 44.3 Å². The van der Waals surface area contributed by atoms with Crippen molar-refractivity contribution < 1.29 is 82.6 Å². The molecule has 0 aliphatic heterocycles. The number of unbranched alkanes of at least 4 members (excludes halogenated alkanes) is 3. The van der Waals surface area contributed by atoms with Gasteiger partial charge >= 0.3 is 44.3 Å². The van der Waals surface area contributed by atoms with Gasteiger partial charge in [-0.2, -0.15) is 0 Å². The van der Waals surface area contributed by atoms with E-state index in [4.69, 9.17) is 68.3 Å². The van der Waals surface area contributed by atoms with E-state index in [2.05, 4.69) is 0 Å². The lowest BCUT2D eigenvalue weighted by molar-refractivity contribution is -0.150. The van der Waals surface area contributed by atoms with E-state index in [0.29, 0.717) is 116 Å². The van der Waals surface area contributed by atoms with Crippen LogP contribution < -0.4 is 0 Å². The molecule has 21 heteroatoms. The third kappa shape index (κ3) is 31.2. The predicted molar refractivity (Wildman–Crippen MR) is 242 cm³/mol. The molecule has 0 bridgehead atoms. The molecule has 0 spiro atoms. The van der Waals surface area contributed by atoms with Crippen LogP contribution in [0.1, 0.15) is 120 Å². The van der Waals surface area contributed by atoms with Gasteiger partial charge in [-0.1, -0.05) is 0 Å². The normalized spacial score (nSPS) is 12.3. The quantitative estimate of drug-likeness (QED) is 0.0271. The van der Waals surface area contributed by atoms with Crippen molar-refractivity contribution in [2.24, 2.45) is 0 Å². The molecule has 18 nitrogen and oxygen atoms in total. The second-order valence-electron chi connectivity index (χ2n) is 13.9. The number of carbonyl (C=O) groups excluding carboxylic acids is 3. The highest BCUT2D eigenvalue weighted by Gasteiger charge is 2.41. The highest BCUT2D eigenvalue weighted by molar-refractivity contribution is 6.61. The number of rotatable bonds is 47. The zero-order chi connectivity index (χ0) is 46.9. The van der Waals surface area contributed by atoms with Gasteiger partial charge in [-0.15, -0.1) is 0 Å². The predicted octanol–water partition coefficient (Wildman–Crippen LogP) is 6.69. The van der Waals surface area contributed by atoms with Crippen molar-refractivity contribution in [3.8, 4) is 0 Å². The van der Waals surface area contributed by atoms with Crippen LogP contribution in [-0.4, -0.2) is 163 Å². The number of esters is 3. The van der Waals surface area contributed by atoms with E-state index in [1.54, 1.807) is 0 Å². The third-order valence-electron chi connectivity index (χ3n) is 8.91. The summed E-state index contributed by atoms with van der Waals surface area (Å²) in [6, 6.07) is 1.89. The topological polar surface area (TPSA) is 190 Å². The summed E-state index contributed by atoms with van der Waals surface area (Å²) in [7, 11) is -8.27. The molecular weight excluding hydrogens is 877 g/mol. The standard InChI is InChI=1S/C42H86O18Si3/c1-10-52-61(53-11-2,54-12-3)34-22-19-25-40(43)49-30-28-46-37-39(48-32-33-51-42(45)27-21-24-36-63(58-16-7,59-17-8)60-18-9)38-47-29-31-50-41(44)26-20-23-35-62(55-13-4,56-14-5)57-15-6/h39H,10-38H2,1-9H3. The van der Waals surface area contributed by atoms with Crippen LogP contribution in [0.5, 0.6) is 0 Å². The molecule has 0 radical (unpaired) electrons. The van der Waals surface area contributed by atoms with Crippen LogP contribution in [0.2, 0.25) is 18.1 Å². The summed E-state index contributed by atoms with van der Waals surface area (Å²) in [6.45, 7) is 22.6. The van der Waals surface area contributed by atoms with Crippen molar-refractivity contribution in [1.82, 2.24) is 0 Å². The monoisotopic (exact) mass is 963 g/mol. The Labute approximate surface area is 382 Å². The van der Waals surface area contributed by atoms with E-state index in [1.807, 2.05) is 62.3 Å². The van der Waals surface area contributed by atoms with Gasteiger partial charge in [-0.05, 0) is 101 Å². The second-order valence-corrected chi connectivity index (χ2v) is 22.1. The summed E-state index contributed by atoms with van der Waals surface area (Å²) in [5, 5.41) is 0. The maximum absolute atomic E-state index is 12.5. The summed E-state index contributed by atoms with van der Waals surface area (Å²) in [6.07, 6.45) is 4.21. The molecule has 0 amide bonds. The van der Waals surface area contributed by atoms with Gasteiger partial charge in [0, 0.05) is 96.9 Å². The van der Waals surface area contributed by atoms with Crippen LogP contribution in [0.15, 0.2) is 0 Å². The number of hydrogen-bond donors (Lipinski definition) is 0. The largest absolute Gasteiger partial charge is 0.500 e. The fourth-order valence-electron chi connectivity index (χ4n) is 6.43. The minimum absolute atomic E-state index is 0.0483. The molecule has 0 rings (SSSR count). The van der Waals surface area contributed by atoms with E-state index in [0.717, 1.165) is 0 Å². The zero-order valence-corrected chi connectivity index (χ0v) is 43.4. The Morgan fingerprint density at radius 2 is 0.603 bits per heavy atom. The molecule has 0 saturated heterocycles. The lowest BCUT2D eigenvalue weighted by atomic mass is 10.2. The first-order valence-electron chi connectivity index (χ1n) is 23.5. The van der Waals surface area contributed by atoms with Crippen LogP contribution in [0.3, 0.4) is 0 Å². The fourth-order valence-corrected chi connectivity index (χ4v) is 14.5. The van der Waals surface area contributed by atoms with Gasteiger partial charge < -0.3 is 68.3 Å². The van der Waals surface area contributed by atoms with Gasteiger partial charge in [0.05, 0.1) is 33.0 Å². The number of ether oxygens (including phenoxy) is 6. The SMILES string of the molecule is CCO[Si](CCCCC(=O)OCCOCC(COCCOC(=O)CCCC[Si](OCC)(OCC)OCC)OCCOC(=O)CCCC[Si](OCC)(OCC)OCC)(OCC)OCC. The summed E-state index contributed by atoms with van der Waals surface area (Å²) < 4.78 is 86.7. The van der Waals surface area contributed by atoms with Crippen LogP contribution in [0.25, 0.3) is 0 Å². The number of hydrogen-bond acceptors (Lipinski definition) is 18. The molecule has 0 heterocycles. The summed E-state index contributed by atoms with van der Waals surface area (Å²) in [5.41, 5.74) is 0. The highest BCUT2D eigenvalue weighted by atomic mass is 28.4. The van der Waals surface area contributed by atoms with Gasteiger partial charge in [-0.3, -0.25) is 14.4 Å². The van der Waals surface area contributed by atoms with Crippen LogP contribution >= 0.6 is 0 Å². The molecule has 0 fully saturated rings. The first kappa shape index (κ1) is 61.6. The lowest BCUT2D eigenvalue weighted by Crippen LogP contribution is -2.45. The first-order valence-corrected chi connectivity index (χ1v) is 29.3. The molecule has 0 aliphatic carbocycles. The van der Waals surface area contributed by atoms with Gasteiger partial charge in [-0.25, -0.2) is 0 Å². The third-order valence-corrected chi connectivity index (χ3v) is 18.4. The van der Waals surface area contributed by atoms with Crippen molar-refractivity contribution in [2.75, 3.05) is 112 Å². The highest BCUT2D eigenvalue weighted by Crippen LogP contribution is 2.22. The molecule has 0 N–H and O–H groups in total. The van der Waals surface area contributed by atoms with Crippen molar-refractivity contribution in [1.29, 1.82) is 0 Å². The van der Waals surface area contributed by atoms with Crippen LogP contribution in [-0.2, 0) is 82.6 Å². The first-order chi connectivity index (χ1) is 30.5. The van der Waals surface area contributed by atoms with E-state index in [-0.39, 0.29) is 90.0 Å². The average molecular weight is 963 g/mol. The van der Waals surface area contributed by atoms with Gasteiger partial charge in [0.1, 0.15) is 25.9 Å². The zero-order valence-electron chi connectivity index (χ0n) is 40.4. The molecular formula is C42H86O18Si3. The van der Waals surface area contributed by atoms with Crippen LogP contribution in [0, 0.1) is 0 Å². The van der Waals surface area contributed by atoms with Gasteiger partial charge in [0.15, 0.2) is 0 Å². The van der Waals surface area contributed by atoms with E-state index in [9.17, 15) is 14.4 Å². The molecule has 0 aliphatic rings. The van der Waals surface area contributed by atoms with Crippen molar-refractivity contribution in [3.05, 3.63) is 0 Å². The molecule has 63 heavy (non-hydrogen) atoms. The molecule has 0 unspecified atom stereocenters. The van der Waals surface area contributed by atoms with Gasteiger partial charge in [0.25, 0.3) is 0 Å². The summed E-state index contributed by atoms with van der Waals surface area (Å²) in [5.74, 6) is -0.974. The van der Waals surface area contributed by atoms with E-state index < -0.39 is 32.5 Å². The minimum Gasteiger partial charge on any atom is -0.463 e. The maximum Gasteiger partial charge on any atom is 0.500 e. The van der Waals surface area contributed by atoms with Crippen molar-refractivity contribution in [3.63, 3.8) is 0 Å². The molecule has 0 aromatic carbocycles. The Balaban J connectivity index is 4.88. The summed E-state index contributed by atoms with van der Waals surface area (Å²) in [4.78, 5) is 37.3. The number of carbonyl (C=O) groups is 3. The Morgan fingerprint density at radius 1 is 0.349 bits per heavy atom. The smallest absolute Gasteiger partial charge is 0.463 e. The molecule has 374 valence electrons. The Kier molecular flexibility index (Phi) is 39.9. The second kappa shape index (κ2) is 40.8. The Morgan fingerprint density at radius 3 is 0.857 bits per heavy atom. The Bertz CT molecular complexity index is 1000. The lowest BCUT2D eigenvalue weighted by Gasteiger charge is -2.28.